The summed E-state index contributed by atoms with van der Waals surface area (Å²) in [4.78, 5) is 10.9. The summed E-state index contributed by atoms with van der Waals surface area (Å²) in [6, 6.07) is 6.98. The van der Waals surface area contributed by atoms with Crippen LogP contribution in [-0.2, 0) is 4.74 Å². The average molecular weight is 261 g/mol. The largest absolute Gasteiger partial charge is 0.488 e. The Bertz CT molecular complexity index is 532. The topological polar surface area (TPSA) is 111 Å². The van der Waals surface area contributed by atoms with E-state index in [1.165, 1.54) is 0 Å². The van der Waals surface area contributed by atoms with Gasteiger partial charge in [0.1, 0.15) is 29.6 Å². The number of nitrogens with two attached hydrogens (primary N) is 2. The standard InChI is InChI=1S/C13H15N3O3/c14-7-9-10(15)3-1-4-11(9)18-8-13(5-2-6-13)19-12(16)17/h1,3-4H,2,5-6,8,15H2,(H2,16,17). The van der Waals surface area contributed by atoms with Gasteiger partial charge < -0.3 is 20.9 Å². The minimum atomic E-state index is -0.809. The van der Waals surface area contributed by atoms with Crippen molar-refractivity contribution in [2.45, 2.75) is 24.9 Å². The van der Waals surface area contributed by atoms with Gasteiger partial charge in [0.05, 0.1) is 5.69 Å². The number of rotatable bonds is 4. The van der Waals surface area contributed by atoms with E-state index in [9.17, 15) is 4.79 Å². The summed E-state index contributed by atoms with van der Waals surface area (Å²) in [5.41, 5.74) is 10.7. The Kier molecular flexibility index (Phi) is 3.47. The maximum Gasteiger partial charge on any atom is 0.405 e. The van der Waals surface area contributed by atoms with Crippen molar-refractivity contribution < 1.29 is 14.3 Å². The molecule has 1 aromatic carbocycles. The molecule has 6 nitrogen and oxygen atoms in total. The molecule has 0 spiro atoms. The molecule has 6 heteroatoms. The van der Waals surface area contributed by atoms with Crippen LogP contribution in [0.3, 0.4) is 0 Å². The van der Waals surface area contributed by atoms with Gasteiger partial charge in [0.25, 0.3) is 0 Å². The lowest BCUT2D eigenvalue weighted by Gasteiger charge is -2.39. The third kappa shape index (κ3) is 2.71. The van der Waals surface area contributed by atoms with Gasteiger partial charge in [-0.1, -0.05) is 6.07 Å². The van der Waals surface area contributed by atoms with Gasteiger partial charge in [-0.2, -0.15) is 5.26 Å². The highest BCUT2D eigenvalue weighted by Gasteiger charge is 2.41. The first kappa shape index (κ1) is 13.0. The van der Waals surface area contributed by atoms with E-state index in [0.29, 0.717) is 24.3 Å². The normalized spacial score (nSPS) is 15.9. The van der Waals surface area contributed by atoms with Crippen molar-refractivity contribution in [3.8, 4) is 11.8 Å². The lowest BCUT2D eigenvalue weighted by Crippen LogP contribution is -2.48. The Morgan fingerprint density at radius 2 is 2.21 bits per heavy atom. The number of benzene rings is 1. The van der Waals surface area contributed by atoms with E-state index in [4.69, 9.17) is 26.2 Å². The van der Waals surface area contributed by atoms with E-state index < -0.39 is 11.7 Å². The molecule has 100 valence electrons. The van der Waals surface area contributed by atoms with Crippen LogP contribution in [0.5, 0.6) is 5.75 Å². The first-order valence-electron chi connectivity index (χ1n) is 5.96. The van der Waals surface area contributed by atoms with Gasteiger partial charge in [0, 0.05) is 0 Å². The van der Waals surface area contributed by atoms with Crippen molar-refractivity contribution >= 4 is 11.8 Å². The number of ether oxygens (including phenoxy) is 2. The molecule has 1 aromatic rings. The molecule has 0 radical (unpaired) electrons. The zero-order valence-electron chi connectivity index (χ0n) is 10.4. The number of hydrogen-bond donors (Lipinski definition) is 2. The smallest absolute Gasteiger partial charge is 0.405 e. The van der Waals surface area contributed by atoms with Crippen LogP contribution >= 0.6 is 0 Å². The summed E-state index contributed by atoms with van der Waals surface area (Å²) < 4.78 is 10.7. The number of nitriles is 1. The highest BCUT2D eigenvalue weighted by atomic mass is 16.6. The zero-order valence-corrected chi connectivity index (χ0v) is 10.4. The monoisotopic (exact) mass is 261 g/mol. The predicted octanol–water partition coefficient (Wildman–Crippen LogP) is 1.54. The Morgan fingerprint density at radius 3 is 2.74 bits per heavy atom. The van der Waals surface area contributed by atoms with Crippen molar-refractivity contribution in [1.82, 2.24) is 0 Å². The van der Waals surface area contributed by atoms with Crippen molar-refractivity contribution in [2.24, 2.45) is 5.73 Å². The van der Waals surface area contributed by atoms with E-state index >= 15 is 0 Å². The predicted molar refractivity (Wildman–Crippen MR) is 68.3 cm³/mol. The Labute approximate surface area is 110 Å². The quantitative estimate of drug-likeness (QED) is 0.798. The van der Waals surface area contributed by atoms with Gasteiger partial charge in [-0.05, 0) is 31.4 Å². The van der Waals surface area contributed by atoms with E-state index in [1.54, 1.807) is 18.2 Å². The molecule has 1 saturated carbocycles. The second kappa shape index (κ2) is 5.06. The third-order valence-electron chi connectivity index (χ3n) is 3.24. The Balaban J connectivity index is 2.08. The molecule has 1 fully saturated rings. The third-order valence-corrected chi connectivity index (χ3v) is 3.24. The number of anilines is 1. The van der Waals surface area contributed by atoms with E-state index in [1.807, 2.05) is 6.07 Å². The number of nitrogens with zero attached hydrogens (tertiary/aromatic N) is 1. The Hall–Kier alpha value is -2.42. The Morgan fingerprint density at radius 1 is 1.47 bits per heavy atom. The SMILES string of the molecule is N#Cc1c(N)cccc1OCC1(OC(N)=O)CCC1. The highest BCUT2D eigenvalue weighted by Crippen LogP contribution is 2.36. The molecule has 0 heterocycles. The number of carbonyl (C=O) groups excluding carboxylic acids is 1. The number of hydrogen-bond acceptors (Lipinski definition) is 5. The first-order chi connectivity index (χ1) is 9.06. The maximum atomic E-state index is 10.9. The van der Waals surface area contributed by atoms with Gasteiger partial charge in [-0.15, -0.1) is 0 Å². The van der Waals surface area contributed by atoms with E-state index in [0.717, 1.165) is 6.42 Å². The number of amides is 1. The summed E-state index contributed by atoms with van der Waals surface area (Å²) in [6.07, 6.45) is 1.57. The van der Waals surface area contributed by atoms with Gasteiger partial charge in [0.2, 0.25) is 0 Å². The van der Waals surface area contributed by atoms with Crippen LogP contribution < -0.4 is 16.2 Å². The molecule has 4 N–H and O–H groups in total. The fourth-order valence-electron chi connectivity index (χ4n) is 2.06. The van der Waals surface area contributed by atoms with E-state index in [-0.39, 0.29) is 12.2 Å². The molecule has 0 bridgehead atoms. The molecular formula is C13H15N3O3. The number of nitrogen functional groups attached to an aromatic ring is 1. The van der Waals surface area contributed by atoms with Gasteiger partial charge in [-0.25, -0.2) is 4.79 Å². The summed E-state index contributed by atoms with van der Waals surface area (Å²) in [6.45, 7) is 0.175. The lowest BCUT2D eigenvalue weighted by molar-refractivity contribution is -0.0725. The van der Waals surface area contributed by atoms with Crippen LogP contribution in [0.25, 0.3) is 0 Å². The van der Waals surface area contributed by atoms with Crippen LogP contribution in [-0.4, -0.2) is 18.3 Å². The molecule has 0 aromatic heterocycles. The van der Waals surface area contributed by atoms with Crippen molar-refractivity contribution in [3.63, 3.8) is 0 Å². The van der Waals surface area contributed by atoms with Crippen LogP contribution in [0, 0.1) is 11.3 Å². The fraction of sp³-hybridized carbons (Fsp3) is 0.385. The molecule has 1 amide bonds. The fourth-order valence-corrected chi connectivity index (χ4v) is 2.06. The molecule has 2 rings (SSSR count). The van der Waals surface area contributed by atoms with Gasteiger partial charge in [-0.3, -0.25) is 0 Å². The zero-order chi connectivity index (χ0) is 13.9. The highest BCUT2D eigenvalue weighted by molar-refractivity contribution is 5.65. The van der Waals surface area contributed by atoms with Gasteiger partial charge >= 0.3 is 6.09 Å². The number of primary amides is 1. The van der Waals surface area contributed by atoms with E-state index in [2.05, 4.69) is 0 Å². The number of carbonyl (C=O) groups is 1. The molecule has 0 unspecified atom stereocenters. The molecular weight excluding hydrogens is 246 g/mol. The molecule has 0 aliphatic heterocycles. The molecule has 1 aliphatic rings. The molecule has 19 heavy (non-hydrogen) atoms. The maximum absolute atomic E-state index is 10.9. The van der Waals surface area contributed by atoms with Crippen molar-refractivity contribution in [1.29, 1.82) is 5.26 Å². The summed E-state index contributed by atoms with van der Waals surface area (Å²) in [5, 5.41) is 9.03. The first-order valence-corrected chi connectivity index (χ1v) is 5.96. The van der Waals surface area contributed by atoms with Crippen LogP contribution in [0.1, 0.15) is 24.8 Å². The lowest BCUT2D eigenvalue weighted by atomic mass is 9.80. The van der Waals surface area contributed by atoms with Gasteiger partial charge in [0.15, 0.2) is 0 Å². The summed E-state index contributed by atoms with van der Waals surface area (Å²) >= 11 is 0. The molecule has 0 saturated heterocycles. The second-order valence-corrected chi connectivity index (χ2v) is 4.58. The minimum absolute atomic E-state index is 0.175. The van der Waals surface area contributed by atoms with Crippen molar-refractivity contribution in [3.05, 3.63) is 23.8 Å². The summed E-state index contributed by atoms with van der Waals surface area (Å²) in [5.74, 6) is 0.391. The van der Waals surface area contributed by atoms with Crippen LogP contribution in [0.15, 0.2) is 18.2 Å². The van der Waals surface area contributed by atoms with Crippen LogP contribution in [0.2, 0.25) is 0 Å². The molecule has 0 atom stereocenters. The van der Waals surface area contributed by atoms with Crippen LogP contribution in [0.4, 0.5) is 10.5 Å². The minimum Gasteiger partial charge on any atom is -0.488 e. The second-order valence-electron chi connectivity index (χ2n) is 4.58. The van der Waals surface area contributed by atoms with Crippen molar-refractivity contribution in [2.75, 3.05) is 12.3 Å². The molecule has 1 aliphatic carbocycles. The summed E-state index contributed by atoms with van der Waals surface area (Å²) in [7, 11) is 0. The average Bonchev–Trinajstić information content (AvgIpc) is 2.32.